The van der Waals surface area contributed by atoms with Gasteiger partial charge >= 0.3 is 0 Å². The molecule has 4 aromatic carbocycles. The minimum atomic E-state index is -0.913. The second-order valence-corrected chi connectivity index (χ2v) is 10.0. The van der Waals surface area contributed by atoms with Crippen LogP contribution in [0.1, 0.15) is 25.3 Å². The van der Waals surface area contributed by atoms with Crippen molar-refractivity contribution < 1.29 is 4.57 Å². The molecule has 0 radical (unpaired) electrons. The fraction of sp³-hybridized carbons (Fsp3) is 0.147. The van der Waals surface area contributed by atoms with Gasteiger partial charge in [0.1, 0.15) is 0 Å². The second-order valence-electron chi connectivity index (χ2n) is 9.59. The standard InChI is InChI=1S/C22H24B.C12H11ClN/c1-2-3-19-23(20-13-7-4-8-14-20,21-15-9-5-10-16-21)22-17-11-6-12-18-22;13-12-6-4-11(5-7-12)10-14-8-2-1-3-9-14/h4-18H,2-3,19H2,1H3;1-9H,10H2/q-1;+1. The Hall–Kier alpha value is -3.62. The van der Waals surface area contributed by atoms with E-state index in [1.807, 2.05) is 42.5 Å². The summed E-state index contributed by atoms with van der Waals surface area (Å²) >= 11 is 5.81. The zero-order valence-corrected chi connectivity index (χ0v) is 22.3. The van der Waals surface area contributed by atoms with Crippen LogP contribution in [0.25, 0.3) is 0 Å². The first-order valence-corrected chi connectivity index (χ1v) is 13.6. The lowest BCUT2D eigenvalue weighted by Crippen LogP contribution is -2.66. The summed E-state index contributed by atoms with van der Waals surface area (Å²) in [5.41, 5.74) is 5.58. The van der Waals surface area contributed by atoms with Gasteiger partial charge in [-0.15, -0.1) is 0 Å². The van der Waals surface area contributed by atoms with Gasteiger partial charge in [0.25, 0.3) is 0 Å². The molecule has 5 aromatic rings. The summed E-state index contributed by atoms with van der Waals surface area (Å²) in [6.45, 7) is 3.17. The molecule has 0 amide bonds. The number of pyridine rings is 1. The SMILES string of the molecule is CCCC[B-](c1ccccc1)(c1ccccc1)c1ccccc1.Clc1ccc(C[n+]2ccccc2)cc1. The molecule has 0 fully saturated rings. The Morgan fingerprint density at radius 3 is 1.43 bits per heavy atom. The highest BCUT2D eigenvalue weighted by Gasteiger charge is 2.28. The van der Waals surface area contributed by atoms with Gasteiger partial charge in [0.05, 0.1) is 6.15 Å². The van der Waals surface area contributed by atoms with Crippen LogP contribution in [0.15, 0.2) is 146 Å². The van der Waals surface area contributed by atoms with E-state index in [1.54, 1.807) is 0 Å². The number of hydrogen-bond donors (Lipinski definition) is 0. The van der Waals surface area contributed by atoms with Gasteiger partial charge in [0.2, 0.25) is 0 Å². The Morgan fingerprint density at radius 2 is 1.00 bits per heavy atom. The predicted octanol–water partition coefficient (Wildman–Crippen LogP) is 6.63. The van der Waals surface area contributed by atoms with Gasteiger partial charge < -0.3 is 0 Å². The van der Waals surface area contributed by atoms with E-state index in [4.69, 9.17) is 11.6 Å². The highest BCUT2D eigenvalue weighted by atomic mass is 35.5. The van der Waals surface area contributed by atoms with Crippen LogP contribution in [0.4, 0.5) is 0 Å². The van der Waals surface area contributed by atoms with E-state index in [-0.39, 0.29) is 0 Å². The van der Waals surface area contributed by atoms with Gasteiger partial charge in [-0.1, -0.05) is 141 Å². The Balaban J connectivity index is 0.000000195. The van der Waals surface area contributed by atoms with Crippen LogP contribution in [0.5, 0.6) is 0 Å². The van der Waals surface area contributed by atoms with Crippen molar-refractivity contribution in [2.75, 3.05) is 0 Å². The van der Waals surface area contributed by atoms with Crippen molar-refractivity contribution >= 4 is 34.1 Å². The lowest BCUT2D eigenvalue weighted by atomic mass is 9.14. The van der Waals surface area contributed by atoms with Crippen LogP contribution in [-0.2, 0) is 6.54 Å². The minimum absolute atomic E-state index is 0.784. The van der Waals surface area contributed by atoms with Crippen molar-refractivity contribution in [3.63, 3.8) is 0 Å². The molecule has 0 bridgehead atoms. The van der Waals surface area contributed by atoms with E-state index in [0.29, 0.717) is 0 Å². The molecule has 0 aliphatic rings. The van der Waals surface area contributed by atoms with Crippen LogP contribution in [-0.4, -0.2) is 6.15 Å². The summed E-state index contributed by atoms with van der Waals surface area (Å²) in [7, 11) is 0. The van der Waals surface area contributed by atoms with E-state index in [1.165, 1.54) is 41.1 Å². The van der Waals surface area contributed by atoms with Crippen molar-refractivity contribution in [1.29, 1.82) is 0 Å². The Morgan fingerprint density at radius 1 is 0.568 bits per heavy atom. The molecule has 186 valence electrons. The number of rotatable bonds is 8. The third-order valence-corrected chi connectivity index (χ3v) is 7.40. The van der Waals surface area contributed by atoms with Gasteiger partial charge in [-0.05, 0) is 12.1 Å². The predicted molar refractivity (Wildman–Crippen MR) is 161 cm³/mol. The fourth-order valence-electron chi connectivity index (χ4n) is 5.27. The monoisotopic (exact) mass is 503 g/mol. The largest absolute Gasteiger partial charge is 0.201 e. The maximum atomic E-state index is 5.81. The van der Waals surface area contributed by atoms with Crippen molar-refractivity contribution in [3.05, 3.63) is 156 Å². The molecule has 0 saturated heterocycles. The highest BCUT2D eigenvalue weighted by Crippen LogP contribution is 2.16. The molecule has 0 saturated carbocycles. The van der Waals surface area contributed by atoms with Gasteiger partial charge in [0.15, 0.2) is 18.9 Å². The fourth-order valence-corrected chi connectivity index (χ4v) is 5.40. The van der Waals surface area contributed by atoms with Gasteiger partial charge in [-0.2, -0.15) is 22.7 Å². The van der Waals surface area contributed by atoms with Crippen molar-refractivity contribution in [3.8, 4) is 0 Å². The van der Waals surface area contributed by atoms with E-state index < -0.39 is 6.15 Å². The Bertz CT molecular complexity index is 1210. The lowest BCUT2D eigenvalue weighted by Gasteiger charge is -2.43. The summed E-state index contributed by atoms with van der Waals surface area (Å²) in [5, 5.41) is 0.784. The van der Waals surface area contributed by atoms with Crippen LogP contribution in [0.2, 0.25) is 11.3 Å². The first-order chi connectivity index (χ1) is 18.2. The molecule has 0 N–H and O–H groups in total. The van der Waals surface area contributed by atoms with Crippen molar-refractivity contribution in [1.82, 2.24) is 0 Å². The number of hydrogen-bond acceptors (Lipinski definition) is 0. The summed E-state index contributed by atoms with van der Waals surface area (Å²) in [6, 6.07) is 47.1. The van der Waals surface area contributed by atoms with Gasteiger partial charge in [-0.3, -0.25) is 0 Å². The first-order valence-electron chi connectivity index (χ1n) is 13.2. The molecule has 1 heterocycles. The van der Waals surface area contributed by atoms with Crippen LogP contribution in [0, 0.1) is 0 Å². The van der Waals surface area contributed by atoms with Crippen molar-refractivity contribution in [2.24, 2.45) is 0 Å². The molecular weight excluding hydrogens is 469 g/mol. The number of halogens is 1. The number of unbranched alkanes of at least 4 members (excludes halogenated alkanes) is 1. The zero-order valence-electron chi connectivity index (χ0n) is 21.6. The molecule has 0 atom stereocenters. The van der Waals surface area contributed by atoms with Crippen LogP contribution < -0.4 is 21.0 Å². The summed E-state index contributed by atoms with van der Waals surface area (Å²) in [4.78, 5) is 0. The van der Waals surface area contributed by atoms with E-state index in [0.717, 1.165) is 11.6 Å². The van der Waals surface area contributed by atoms with Crippen LogP contribution >= 0.6 is 11.6 Å². The number of nitrogens with zero attached hydrogens (tertiary/aromatic N) is 1. The van der Waals surface area contributed by atoms with Gasteiger partial charge in [-0.25, -0.2) is 4.57 Å². The minimum Gasteiger partial charge on any atom is -0.201 e. The topological polar surface area (TPSA) is 3.88 Å². The molecule has 3 heteroatoms. The molecular formula is C34H35BClN. The zero-order chi connectivity index (χ0) is 25.8. The average Bonchev–Trinajstić information content (AvgIpc) is 2.97. The molecule has 5 rings (SSSR count). The van der Waals surface area contributed by atoms with E-state index in [9.17, 15) is 0 Å². The van der Waals surface area contributed by atoms with Gasteiger partial charge in [0, 0.05) is 22.7 Å². The maximum absolute atomic E-state index is 5.81. The molecule has 0 aliphatic heterocycles. The Kier molecular flexibility index (Phi) is 9.74. The highest BCUT2D eigenvalue weighted by molar-refractivity contribution is 7.11. The molecule has 1 aromatic heterocycles. The molecule has 0 aliphatic carbocycles. The smallest absolute Gasteiger partial charge is 0.173 e. The number of benzene rings is 4. The van der Waals surface area contributed by atoms with Crippen molar-refractivity contribution in [2.45, 2.75) is 32.6 Å². The van der Waals surface area contributed by atoms with E-state index in [2.05, 4.69) is 115 Å². The normalized spacial score (nSPS) is 10.9. The summed E-state index contributed by atoms with van der Waals surface area (Å²) in [5.74, 6) is 0. The quantitative estimate of drug-likeness (QED) is 0.165. The molecule has 1 nitrogen and oxygen atoms in total. The third kappa shape index (κ3) is 6.99. The Labute approximate surface area is 227 Å². The summed E-state index contributed by atoms with van der Waals surface area (Å²) in [6.07, 6.45) is 6.83. The molecule has 37 heavy (non-hydrogen) atoms. The maximum Gasteiger partial charge on any atom is 0.173 e. The number of aromatic nitrogens is 1. The molecule has 0 spiro atoms. The molecule has 0 unspecified atom stereocenters. The van der Waals surface area contributed by atoms with Crippen LogP contribution in [0.3, 0.4) is 0 Å². The lowest BCUT2D eigenvalue weighted by molar-refractivity contribution is -0.688. The third-order valence-electron chi connectivity index (χ3n) is 7.15. The summed E-state index contributed by atoms with van der Waals surface area (Å²) < 4.78 is 2.13. The second kappa shape index (κ2) is 13.6. The first kappa shape index (κ1) is 26.4. The van der Waals surface area contributed by atoms with E-state index >= 15 is 0 Å². The average molecular weight is 504 g/mol.